The van der Waals surface area contributed by atoms with Crippen LogP contribution in [-0.2, 0) is 7.05 Å². The molecule has 2 bridgehead atoms. The molecule has 3 aliphatic heterocycles. The molecule has 0 aliphatic carbocycles. The summed E-state index contributed by atoms with van der Waals surface area (Å²) >= 11 is 0. The molecule has 2 aromatic rings. The molecule has 0 saturated carbocycles. The minimum Gasteiger partial charge on any atom is -0.497 e. The zero-order chi connectivity index (χ0) is 20.0. The van der Waals surface area contributed by atoms with Gasteiger partial charge in [0, 0.05) is 38.8 Å². The first-order valence-electron chi connectivity index (χ1n) is 10.8. The Morgan fingerprint density at radius 1 is 1.14 bits per heavy atom. The first kappa shape index (κ1) is 18.7. The molecule has 6 heteroatoms. The molecule has 1 amide bonds. The maximum absolute atomic E-state index is 13.1. The number of fused-ring (bicyclic) bond motifs is 4. The third kappa shape index (κ3) is 3.33. The van der Waals surface area contributed by atoms with E-state index in [1.54, 1.807) is 19.6 Å². The zero-order valence-corrected chi connectivity index (χ0v) is 17.3. The monoisotopic (exact) mass is 394 g/mol. The van der Waals surface area contributed by atoms with Gasteiger partial charge < -0.3 is 14.2 Å². The van der Waals surface area contributed by atoms with Crippen LogP contribution in [0.15, 0.2) is 36.8 Å². The molecule has 29 heavy (non-hydrogen) atoms. The Morgan fingerprint density at radius 3 is 2.69 bits per heavy atom. The molecule has 4 heterocycles. The Balaban J connectivity index is 1.35. The number of rotatable bonds is 3. The van der Waals surface area contributed by atoms with Crippen molar-refractivity contribution in [3.05, 3.63) is 48.0 Å². The SMILES string of the molecule is COc1ccc([C@H]2CCC[C@H]3[C@@H]4C[C@@H](CN(C(=O)c5cncn5C)C4)CN23)cc1. The molecule has 0 radical (unpaired) electrons. The molecule has 6 nitrogen and oxygen atoms in total. The molecule has 4 atom stereocenters. The van der Waals surface area contributed by atoms with E-state index in [2.05, 4.69) is 39.0 Å². The van der Waals surface area contributed by atoms with Crippen molar-refractivity contribution in [2.24, 2.45) is 18.9 Å². The van der Waals surface area contributed by atoms with Gasteiger partial charge in [0.05, 0.1) is 19.6 Å². The predicted octanol–water partition coefficient (Wildman–Crippen LogP) is 3.12. The van der Waals surface area contributed by atoms with Crippen LogP contribution in [0.5, 0.6) is 5.75 Å². The van der Waals surface area contributed by atoms with Gasteiger partial charge in [0.25, 0.3) is 5.91 Å². The van der Waals surface area contributed by atoms with Crippen LogP contribution in [0.3, 0.4) is 0 Å². The van der Waals surface area contributed by atoms with Crippen molar-refractivity contribution in [3.63, 3.8) is 0 Å². The fraction of sp³-hybridized carbons (Fsp3) is 0.565. The van der Waals surface area contributed by atoms with E-state index in [1.807, 2.05) is 11.6 Å². The number of imidazole rings is 1. The van der Waals surface area contributed by atoms with E-state index < -0.39 is 0 Å². The summed E-state index contributed by atoms with van der Waals surface area (Å²) in [5, 5.41) is 0. The third-order valence-corrected chi connectivity index (χ3v) is 7.21. The summed E-state index contributed by atoms with van der Waals surface area (Å²) in [7, 11) is 3.61. The van der Waals surface area contributed by atoms with Crippen LogP contribution in [0.4, 0.5) is 0 Å². The number of aromatic nitrogens is 2. The smallest absolute Gasteiger partial charge is 0.272 e. The van der Waals surface area contributed by atoms with Crippen LogP contribution in [0.25, 0.3) is 0 Å². The number of carbonyl (C=O) groups excluding carboxylic acids is 1. The topological polar surface area (TPSA) is 50.6 Å². The molecule has 3 fully saturated rings. The number of benzene rings is 1. The summed E-state index contributed by atoms with van der Waals surface area (Å²) in [6.07, 6.45) is 8.39. The van der Waals surface area contributed by atoms with Crippen LogP contribution in [0, 0.1) is 11.8 Å². The van der Waals surface area contributed by atoms with Crippen molar-refractivity contribution in [3.8, 4) is 5.75 Å². The predicted molar refractivity (Wildman–Crippen MR) is 111 cm³/mol. The highest BCUT2D eigenvalue weighted by Gasteiger charge is 2.45. The average molecular weight is 395 g/mol. The lowest BCUT2D eigenvalue weighted by Crippen LogP contribution is -2.60. The lowest BCUT2D eigenvalue weighted by atomic mass is 9.74. The quantitative estimate of drug-likeness (QED) is 0.803. The Kier molecular flexibility index (Phi) is 4.82. The zero-order valence-electron chi connectivity index (χ0n) is 17.3. The summed E-state index contributed by atoms with van der Waals surface area (Å²) in [5.41, 5.74) is 2.10. The van der Waals surface area contributed by atoms with Gasteiger partial charge in [0.1, 0.15) is 11.4 Å². The summed E-state index contributed by atoms with van der Waals surface area (Å²) in [5.74, 6) is 2.18. The molecular formula is C23H30N4O2. The number of ether oxygens (including phenoxy) is 1. The van der Waals surface area contributed by atoms with Crippen LogP contribution < -0.4 is 4.74 Å². The molecule has 0 N–H and O–H groups in total. The first-order valence-corrected chi connectivity index (χ1v) is 10.8. The highest BCUT2D eigenvalue weighted by atomic mass is 16.5. The molecule has 5 rings (SSSR count). The number of hydrogen-bond acceptors (Lipinski definition) is 4. The lowest BCUT2D eigenvalue weighted by Gasteiger charge is -2.55. The Hall–Kier alpha value is -2.34. The van der Waals surface area contributed by atoms with E-state index in [9.17, 15) is 4.79 Å². The minimum atomic E-state index is 0.135. The third-order valence-electron chi connectivity index (χ3n) is 7.21. The highest BCUT2D eigenvalue weighted by Crippen LogP contribution is 2.44. The van der Waals surface area contributed by atoms with Crippen molar-refractivity contribution < 1.29 is 9.53 Å². The fourth-order valence-corrected chi connectivity index (χ4v) is 5.88. The van der Waals surface area contributed by atoms with Gasteiger partial charge >= 0.3 is 0 Å². The summed E-state index contributed by atoms with van der Waals surface area (Å²) in [4.78, 5) is 22.0. The van der Waals surface area contributed by atoms with Crippen molar-refractivity contribution in [2.75, 3.05) is 26.7 Å². The average Bonchev–Trinajstić information content (AvgIpc) is 3.18. The minimum absolute atomic E-state index is 0.135. The summed E-state index contributed by atoms with van der Waals surface area (Å²) in [6, 6.07) is 9.69. The Labute approximate surface area is 172 Å². The van der Waals surface area contributed by atoms with Gasteiger partial charge in [-0.2, -0.15) is 0 Å². The van der Waals surface area contributed by atoms with Gasteiger partial charge in [-0.1, -0.05) is 12.1 Å². The molecule has 1 aromatic heterocycles. The van der Waals surface area contributed by atoms with E-state index in [-0.39, 0.29) is 5.91 Å². The van der Waals surface area contributed by atoms with Crippen LogP contribution in [-0.4, -0.2) is 58.0 Å². The molecule has 3 saturated heterocycles. The van der Waals surface area contributed by atoms with E-state index in [0.717, 1.165) is 25.4 Å². The molecule has 1 aromatic carbocycles. The van der Waals surface area contributed by atoms with Crippen LogP contribution in [0.1, 0.15) is 47.8 Å². The molecule has 3 aliphatic rings. The fourth-order valence-electron chi connectivity index (χ4n) is 5.88. The van der Waals surface area contributed by atoms with Gasteiger partial charge in [-0.05, 0) is 55.2 Å². The van der Waals surface area contributed by atoms with E-state index in [0.29, 0.717) is 29.6 Å². The van der Waals surface area contributed by atoms with Crippen LogP contribution >= 0.6 is 0 Å². The largest absolute Gasteiger partial charge is 0.497 e. The van der Waals surface area contributed by atoms with Gasteiger partial charge in [0.15, 0.2) is 0 Å². The first-order chi connectivity index (χ1) is 14.1. The van der Waals surface area contributed by atoms with Crippen molar-refractivity contribution >= 4 is 5.91 Å². The van der Waals surface area contributed by atoms with Crippen molar-refractivity contribution in [1.29, 1.82) is 0 Å². The Bertz CT molecular complexity index is 877. The standard InChI is InChI=1S/C23H30N4O2/c1-25-15-24-11-22(25)23(28)26-12-16-10-18(14-26)21-5-3-4-20(27(21)13-16)17-6-8-19(29-2)9-7-17/h6-9,11,15-16,18,20-21H,3-5,10,12-14H2,1-2H3/t16-,18+,20+,21-/m0/s1. The Morgan fingerprint density at radius 2 is 1.97 bits per heavy atom. The second-order valence-corrected chi connectivity index (χ2v) is 8.95. The van der Waals surface area contributed by atoms with Crippen molar-refractivity contribution in [1.82, 2.24) is 19.4 Å². The number of methoxy groups -OCH3 is 1. The van der Waals surface area contributed by atoms with E-state index in [1.165, 1.54) is 31.2 Å². The second kappa shape index (κ2) is 7.48. The maximum atomic E-state index is 13.1. The second-order valence-electron chi connectivity index (χ2n) is 8.95. The molecular weight excluding hydrogens is 364 g/mol. The number of amides is 1. The van der Waals surface area contributed by atoms with Gasteiger partial charge in [-0.25, -0.2) is 4.98 Å². The summed E-state index contributed by atoms with van der Waals surface area (Å²) in [6.45, 7) is 2.82. The number of carbonyl (C=O) groups is 1. The molecule has 154 valence electrons. The number of piperidine rings is 3. The molecule has 0 spiro atoms. The summed E-state index contributed by atoms with van der Waals surface area (Å²) < 4.78 is 7.17. The van der Waals surface area contributed by atoms with Gasteiger partial charge in [0.2, 0.25) is 0 Å². The van der Waals surface area contributed by atoms with Crippen LogP contribution in [0.2, 0.25) is 0 Å². The van der Waals surface area contributed by atoms with Gasteiger partial charge in [-0.3, -0.25) is 9.69 Å². The van der Waals surface area contributed by atoms with Gasteiger partial charge in [-0.15, -0.1) is 0 Å². The molecule has 0 unspecified atom stereocenters. The van der Waals surface area contributed by atoms with Crippen molar-refractivity contribution in [2.45, 2.75) is 37.8 Å². The lowest BCUT2D eigenvalue weighted by molar-refractivity contribution is -0.0513. The number of aryl methyl sites for hydroxylation is 1. The normalized spacial score (nSPS) is 29.4. The maximum Gasteiger partial charge on any atom is 0.272 e. The highest BCUT2D eigenvalue weighted by molar-refractivity contribution is 5.92. The number of hydrogen-bond donors (Lipinski definition) is 0. The van der Waals surface area contributed by atoms with E-state index >= 15 is 0 Å². The van der Waals surface area contributed by atoms with E-state index in [4.69, 9.17) is 4.74 Å². The number of likely N-dealkylation sites (tertiary alicyclic amines) is 1. The number of nitrogens with zero attached hydrogens (tertiary/aromatic N) is 4.